The van der Waals surface area contributed by atoms with Gasteiger partial charge in [0.25, 0.3) is 5.91 Å². The summed E-state index contributed by atoms with van der Waals surface area (Å²) in [5, 5.41) is 3.37. The van der Waals surface area contributed by atoms with Gasteiger partial charge in [0.1, 0.15) is 5.75 Å². The van der Waals surface area contributed by atoms with Crippen molar-refractivity contribution in [3.63, 3.8) is 0 Å². The third-order valence-electron chi connectivity index (χ3n) is 3.91. The lowest BCUT2D eigenvalue weighted by Gasteiger charge is -2.34. The van der Waals surface area contributed by atoms with Gasteiger partial charge in [-0.25, -0.2) is 8.42 Å². The topological polar surface area (TPSA) is 75.7 Å². The summed E-state index contributed by atoms with van der Waals surface area (Å²) in [7, 11) is -3.56. The number of carbonyl (C=O) groups is 1. The number of sulfonamides is 1. The average Bonchev–Trinajstić information content (AvgIpc) is 2.63. The summed E-state index contributed by atoms with van der Waals surface area (Å²) in [5.74, 6) is -0.274. The van der Waals surface area contributed by atoms with Crippen LogP contribution in [0.1, 0.15) is 6.92 Å². The van der Waals surface area contributed by atoms with Crippen molar-refractivity contribution in [2.45, 2.75) is 13.0 Å². The Morgan fingerprint density at radius 3 is 2.73 bits per heavy atom. The molecule has 1 heterocycles. The second-order valence-electron chi connectivity index (χ2n) is 5.62. The number of amides is 1. The molecule has 138 valence electrons. The predicted octanol–water partition coefficient (Wildman–Crippen LogP) is 3.55. The van der Waals surface area contributed by atoms with Crippen molar-refractivity contribution in [2.75, 3.05) is 21.9 Å². The van der Waals surface area contributed by atoms with Gasteiger partial charge in [-0.3, -0.25) is 9.10 Å². The van der Waals surface area contributed by atoms with Crippen LogP contribution >= 0.6 is 23.2 Å². The number of anilines is 2. The molecule has 0 bridgehead atoms. The maximum absolute atomic E-state index is 12.6. The summed E-state index contributed by atoms with van der Waals surface area (Å²) in [6.07, 6.45) is -1.03. The van der Waals surface area contributed by atoms with E-state index in [1.165, 1.54) is 10.4 Å². The Balaban J connectivity index is 1.90. The Morgan fingerprint density at radius 2 is 2.00 bits per heavy atom. The number of rotatable bonds is 4. The van der Waals surface area contributed by atoms with Crippen LogP contribution in [0.25, 0.3) is 0 Å². The van der Waals surface area contributed by atoms with Gasteiger partial charge in [0.05, 0.1) is 28.7 Å². The van der Waals surface area contributed by atoms with E-state index in [-0.39, 0.29) is 12.3 Å². The number of nitrogens with one attached hydrogen (secondary N) is 1. The number of nitrogens with zero attached hydrogens (tertiary/aromatic N) is 1. The average molecular weight is 415 g/mol. The lowest BCUT2D eigenvalue weighted by atomic mass is 10.2. The van der Waals surface area contributed by atoms with Crippen LogP contribution in [-0.4, -0.2) is 32.7 Å². The van der Waals surface area contributed by atoms with Crippen LogP contribution in [0, 0.1) is 0 Å². The third-order valence-corrected chi connectivity index (χ3v) is 6.23. The summed E-state index contributed by atoms with van der Waals surface area (Å²) in [6.45, 7) is 1.42. The highest BCUT2D eigenvalue weighted by atomic mass is 35.5. The van der Waals surface area contributed by atoms with Gasteiger partial charge < -0.3 is 10.1 Å². The Kier molecular flexibility index (Phi) is 5.32. The minimum absolute atomic E-state index is 0.0875. The van der Waals surface area contributed by atoms with Crippen LogP contribution < -0.4 is 14.4 Å². The molecule has 0 aromatic heterocycles. The van der Waals surface area contributed by atoms with Gasteiger partial charge in [-0.1, -0.05) is 35.3 Å². The first kappa shape index (κ1) is 18.8. The maximum atomic E-state index is 12.6. The molecule has 9 heteroatoms. The number of carbonyl (C=O) groups excluding carboxylic acids is 1. The van der Waals surface area contributed by atoms with Gasteiger partial charge >= 0.3 is 0 Å². The number of hydrogen-bond acceptors (Lipinski definition) is 4. The highest BCUT2D eigenvalue weighted by molar-refractivity contribution is 7.92. The lowest BCUT2D eigenvalue weighted by Crippen LogP contribution is -2.49. The number of para-hydroxylation sites is 2. The first-order valence-corrected chi connectivity index (χ1v) is 10.2. The first-order valence-electron chi connectivity index (χ1n) is 7.84. The molecule has 1 aliphatic heterocycles. The van der Waals surface area contributed by atoms with E-state index in [0.717, 1.165) is 0 Å². The third kappa shape index (κ3) is 3.75. The second-order valence-corrected chi connectivity index (χ2v) is 8.64. The van der Waals surface area contributed by atoms with Crippen molar-refractivity contribution < 1.29 is 17.9 Å². The molecule has 0 aliphatic carbocycles. The van der Waals surface area contributed by atoms with Crippen LogP contribution in [0.4, 0.5) is 11.4 Å². The summed E-state index contributed by atoms with van der Waals surface area (Å²) in [6, 6.07) is 11.4. The minimum Gasteiger partial charge on any atom is -0.476 e. The lowest BCUT2D eigenvalue weighted by molar-refractivity contribution is -0.122. The van der Waals surface area contributed by atoms with E-state index in [2.05, 4.69) is 5.32 Å². The van der Waals surface area contributed by atoms with Gasteiger partial charge in [0.2, 0.25) is 10.0 Å². The molecule has 6 nitrogen and oxygen atoms in total. The largest absolute Gasteiger partial charge is 0.476 e. The molecule has 0 radical (unpaired) electrons. The van der Waals surface area contributed by atoms with E-state index in [0.29, 0.717) is 27.2 Å². The SMILES string of the molecule is CCS(=O)(=O)N1C[C@@H](C(=O)Nc2cc(Cl)ccc2Cl)Oc2ccccc21. The summed E-state index contributed by atoms with van der Waals surface area (Å²) in [4.78, 5) is 12.6. The monoisotopic (exact) mass is 414 g/mol. The Morgan fingerprint density at radius 1 is 1.27 bits per heavy atom. The fraction of sp³-hybridized carbons (Fsp3) is 0.235. The molecule has 1 N–H and O–H groups in total. The predicted molar refractivity (Wildman–Crippen MR) is 103 cm³/mol. The van der Waals surface area contributed by atoms with E-state index < -0.39 is 22.0 Å². The standard InChI is InChI=1S/C17H16Cl2N2O4S/c1-2-26(23,24)21-10-16(25-15-6-4-3-5-14(15)21)17(22)20-13-9-11(18)7-8-12(13)19/h3-9,16H,2,10H2,1H3,(H,20,22)/t16-/m0/s1. The zero-order valence-corrected chi connectivity index (χ0v) is 16.1. The van der Waals surface area contributed by atoms with E-state index in [1.807, 2.05) is 0 Å². The number of fused-ring (bicyclic) bond motifs is 1. The van der Waals surface area contributed by atoms with Crippen molar-refractivity contribution in [3.05, 3.63) is 52.5 Å². The normalized spacial score (nSPS) is 16.6. The summed E-state index contributed by atoms with van der Waals surface area (Å²) in [5.41, 5.74) is 0.746. The molecule has 0 saturated carbocycles. The molecule has 3 rings (SSSR count). The van der Waals surface area contributed by atoms with Crippen molar-refractivity contribution >= 4 is 50.5 Å². The van der Waals surface area contributed by atoms with Gasteiger partial charge in [-0.15, -0.1) is 0 Å². The van der Waals surface area contributed by atoms with Gasteiger partial charge in [-0.2, -0.15) is 0 Å². The van der Waals surface area contributed by atoms with Crippen LogP contribution in [0.3, 0.4) is 0 Å². The van der Waals surface area contributed by atoms with Crippen molar-refractivity contribution in [3.8, 4) is 5.75 Å². The Labute approximate surface area is 161 Å². The van der Waals surface area contributed by atoms with Gasteiger partial charge in [-0.05, 0) is 37.3 Å². The van der Waals surface area contributed by atoms with E-state index in [4.69, 9.17) is 27.9 Å². The highest BCUT2D eigenvalue weighted by Gasteiger charge is 2.36. The van der Waals surface area contributed by atoms with E-state index in [1.54, 1.807) is 43.3 Å². The molecule has 0 spiro atoms. The number of ether oxygens (including phenoxy) is 1. The summed E-state index contributed by atoms with van der Waals surface area (Å²) >= 11 is 12.0. The number of benzene rings is 2. The van der Waals surface area contributed by atoms with Crippen molar-refractivity contribution in [2.24, 2.45) is 0 Å². The van der Waals surface area contributed by atoms with E-state index in [9.17, 15) is 13.2 Å². The molecule has 0 saturated heterocycles. The molecular formula is C17H16Cl2N2O4S. The second kappa shape index (κ2) is 7.34. The van der Waals surface area contributed by atoms with Crippen LogP contribution in [-0.2, 0) is 14.8 Å². The van der Waals surface area contributed by atoms with Gasteiger partial charge in [0, 0.05) is 5.02 Å². The van der Waals surface area contributed by atoms with Crippen molar-refractivity contribution in [1.82, 2.24) is 0 Å². The molecule has 2 aromatic carbocycles. The molecule has 0 fully saturated rings. The van der Waals surface area contributed by atoms with Crippen LogP contribution in [0.15, 0.2) is 42.5 Å². The molecule has 26 heavy (non-hydrogen) atoms. The molecule has 0 unspecified atom stereocenters. The number of hydrogen-bond donors (Lipinski definition) is 1. The fourth-order valence-corrected chi connectivity index (χ4v) is 4.03. The minimum atomic E-state index is -3.56. The maximum Gasteiger partial charge on any atom is 0.267 e. The summed E-state index contributed by atoms with van der Waals surface area (Å²) < 4.78 is 31.8. The zero-order valence-electron chi connectivity index (χ0n) is 13.8. The molecule has 1 atom stereocenters. The van der Waals surface area contributed by atoms with Crippen LogP contribution in [0.5, 0.6) is 5.75 Å². The van der Waals surface area contributed by atoms with Gasteiger partial charge in [0.15, 0.2) is 6.10 Å². The Bertz CT molecular complexity index is 950. The molecular weight excluding hydrogens is 399 g/mol. The molecule has 1 aliphatic rings. The fourth-order valence-electron chi connectivity index (χ4n) is 2.56. The molecule has 1 amide bonds. The molecule has 2 aromatic rings. The first-order chi connectivity index (χ1) is 12.3. The smallest absolute Gasteiger partial charge is 0.267 e. The zero-order chi connectivity index (χ0) is 18.9. The van der Waals surface area contributed by atoms with Crippen molar-refractivity contribution in [1.29, 1.82) is 0 Å². The van der Waals surface area contributed by atoms with E-state index >= 15 is 0 Å². The highest BCUT2D eigenvalue weighted by Crippen LogP contribution is 2.35. The Hall–Kier alpha value is -1.96. The quantitative estimate of drug-likeness (QED) is 0.829. The number of halogens is 2. The van der Waals surface area contributed by atoms with Crippen LogP contribution in [0.2, 0.25) is 10.0 Å².